The maximum atomic E-state index is 6.33. The maximum absolute atomic E-state index is 6.33. The van der Waals surface area contributed by atoms with Gasteiger partial charge in [0.25, 0.3) is 0 Å². The zero-order chi connectivity index (χ0) is 13.7. The number of hydrogen-bond donors (Lipinski definition) is 1. The third-order valence-corrected chi connectivity index (χ3v) is 3.63. The van der Waals surface area contributed by atoms with Gasteiger partial charge < -0.3 is 10.3 Å². The van der Waals surface area contributed by atoms with Gasteiger partial charge in [0.15, 0.2) is 0 Å². The molecular formula is C16H23N3. The molecule has 0 saturated heterocycles. The van der Waals surface area contributed by atoms with Crippen molar-refractivity contribution in [2.75, 3.05) is 0 Å². The molecule has 0 aliphatic rings. The number of imidazole rings is 1. The zero-order valence-corrected chi connectivity index (χ0v) is 11.8. The van der Waals surface area contributed by atoms with E-state index in [1.54, 1.807) is 0 Å². The van der Waals surface area contributed by atoms with E-state index in [0.717, 1.165) is 18.7 Å². The molecule has 3 heteroatoms. The Morgan fingerprint density at radius 1 is 1.26 bits per heavy atom. The summed E-state index contributed by atoms with van der Waals surface area (Å²) >= 11 is 0. The van der Waals surface area contributed by atoms with Gasteiger partial charge in [0.1, 0.15) is 0 Å². The van der Waals surface area contributed by atoms with E-state index in [1.807, 2.05) is 18.6 Å². The first-order valence-electron chi connectivity index (χ1n) is 7.00. The van der Waals surface area contributed by atoms with Crippen LogP contribution in [0, 0.1) is 5.92 Å². The number of aromatic nitrogens is 2. The molecule has 1 unspecified atom stereocenters. The van der Waals surface area contributed by atoms with E-state index in [2.05, 4.69) is 47.7 Å². The molecule has 2 aromatic rings. The van der Waals surface area contributed by atoms with Gasteiger partial charge in [0, 0.05) is 12.7 Å². The number of benzene rings is 1. The maximum Gasteiger partial charge on any atom is 0.0948 e. The van der Waals surface area contributed by atoms with E-state index in [4.69, 9.17) is 5.73 Å². The molecule has 0 aliphatic heterocycles. The van der Waals surface area contributed by atoms with Crippen LogP contribution in [0.2, 0.25) is 0 Å². The van der Waals surface area contributed by atoms with Crippen molar-refractivity contribution in [3.8, 4) is 0 Å². The second kappa shape index (κ2) is 6.53. The Hall–Kier alpha value is -1.61. The molecule has 2 rings (SSSR count). The molecule has 1 aromatic heterocycles. The minimum absolute atomic E-state index is 0.00829. The Bertz CT molecular complexity index is 490. The molecule has 0 radical (unpaired) electrons. The van der Waals surface area contributed by atoms with Crippen molar-refractivity contribution in [3.05, 3.63) is 54.1 Å². The first-order chi connectivity index (χ1) is 9.20. The Kier molecular flexibility index (Phi) is 4.74. The summed E-state index contributed by atoms with van der Waals surface area (Å²) < 4.78 is 2.20. The highest BCUT2D eigenvalue weighted by molar-refractivity contribution is 5.18. The molecular weight excluding hydrogens is 234 g/mol. The van der Waals surface area contributed by atoms with Gasteiger partial charge in [-0.15, -0.1) is 0 Å². The number of nitrogens with two attached hydrogens (primary N) is 1. The minimum Gasteiger partial charge on any atom is -0.333 e. The van der Waals surface area contributed by atoms with Crippen molar-refractivity contribution in [3.63, 3.8) is 0 Å². The third-order valence-electron chi connectivity index (χ3n) is 3.63. The van der Waals surface area contributed by atoms with Crippen molar-refractivity contribution in [2.45, 2.75) is 39.3 Å². The molecule has 2 N–H and O–H groups in total. The Labute approximate surface area is 115 Å². The molecule has 3 nitrogen and oxygen atoms in total. The normalized spacial score (nSPS) is 14.3. The molecule has 19 heavy (non-hydrogen) atoms. The summed E-state index contributed by atoms with van der Waals surface area (Å²) in [5.74, 6) is 0.650. The second-order valence-corrected chi connectivity index (χ2v) is 5.28. The summed E-state index contributed by atoms with van der Waals surface area (Å²) in [7, 11) is 0. The lowest BCUT2D eigenvalue weighted by molar-refractivity contribution is 0.450. The van der Waals surface area contributed by atoms with Crippen LogP contribution in [0.1, 0.15) is 37.6 Å². The summed E-state index contributed by atoms with van der Waals surface area (Å²) in [5.41, 5.74) is 8.73. The molecule has 0 saturated carbocycles. The fourth-order valence-electron chi connectivity index (χ4n) is 2.23. The number of rotatable bonds is 6. The van der Waals surface area contributed by atoms with Crippen LogP contribution >= 0.6 is 0 Å². The van der Waals surface area contributed by atoms with Gasteiger partial charge in [-0.25, -0.2) is 4.98 Å². The summed E-state index contributed by atoms with van der Waals surface area (Å²) in [4.78, 5) is 4.26. The predicted molar refractivity (Wildman–Crippen MR) is 78.8 cm³/mol. The quantitative estimate of drug-likeness (QED) is 0.863. The van der Waals surface area contributed by atoms with Gasteiger partial charge in [0.05, 0.1) is 18.1 Å². The fourth-order valence-corrected chi connectivity index (χ4v) is 2.23. The summed E-state index contributed by atoms with van der Waals surface area (Å²) in [6.07, 6.45) is 5.82. The van der Waals surface area contributed by atoms with E-state index in [9.17, 15) is 0 Å². The molecule has 1 heterocycles. The van der Waals surface area contributed by atoms with Crippen molar-refractivity contribution >= 4 is 0 Å². The lowest BCUT2D eigenvalue weighted by Crippen LogP contribution is -2.19. The monoisotopic (exact) mass is 257 g/mol. The molecule has 0 bridgehead atoms. The molecule has 0 amide bonds. The van der Waals surface area contributed by atoms with Crippen LogP contribution in [0.15, 0.2) is 42.9 Å². The second-order valence-electron chi connectivity index (χ2n) is 5.28. The van der Waals surface area contributed by atoms with E-state index in [1.165, 1.54) is 12.0 Å². The van der Waals surface area contributed by atoms with Crippen molar-refractivity contribution < 1.29 is 0 Å². The van der Waals surface area contributed by atoms with Crippen LogP contribution in [0.5, 0.6) is 0 Å². The van der Waals surface area contributed by atoms with Gasteiger partial charge in [-0.05, 0) is 17.9 Å². The summed E-state index contributed by atoms with van der Waals surface area (Å²) in [6.45, 7) is 5.46. The molecule has 0 fully saturated rings. The SMILES string of the molecule is CCC(C)Cn1cncc1[C@H](N)Cc1ccccc1. The van der Waals surface area contributed by atoms with Gasteiger partial charge in [-0.1, -0.05) is 50.6 Å². The van der Waals surface area contributed by atoms with Crippen molar-refractivity contribution in [2.24, 2.45) is 11.7 Å². The first kappa shape index (κ1) is 13.8. The Balaban J connectivity index is 2.07. The van der Waals surface area contributed by atoms with Crippen LogP contribution in [0.3, 0.4) is 0 Å². The van der Waals surface area contributed by atoms with Crippen LogP contribution in [0.4, 0.5) is 0 Å². The van der Waals surface area contributed by atoms with E-state index in [0.29, 0.717) is 5.92 Å². The molecule has 2 atom stereocenters. The molecule has 1 aromatic carbocycles. The van der Waals surface area contributed by atoms with Crippen molar-refractivity contribution in [1.82, 2.24) is 9.55 Å². The smallest absolute Gasteiger partial charge is 0.0948 e. The van der Waals surface area contributed by atoms with Crippen LogP contribution in [0.25, 0.3) is 0 Å². The van der Waals surface area contributed by atoms with E-state index >= 15 is 0 Å². The number of nitrogens with zero attached hydrogens (tertiary/aromatic N) is 2. The number of hydrogen-bond acceptors (Lipinski definition) is 2. The zero-order valence-electron chi connectivity index (χ0n) is 11.8. The average molecular weight is 257 g/mol. The van der Waals surface area contributed by atoms with Crippen LogP contribution < -0.4 is 5.73 Å². The lowest BCUT2D eigenvalue weighted by Gasteiger charge is -2.17. The Morgan fingerprint density at radius 3 is 2.68 bits per heavy atom. The highest BCUT2D eigenvalue weighted by Gasteiger charge is 2.13. The van der Waals surface area contributed by atoms with Gasteiger partial charge >= 0.3 is 0 Å². The van der Waals surface area contributed by atoms with E-state index in [-0.39, 0.29) is 6.04 Å². The Morgan fingerprint density at radius 2 is 2.00 bits per heavy atom. The first-order valence-corrected chi connectivity index (χ1v) is 7.00. The molecule has 0 aliphatic carbocycles. The average Bonchev–Trinajstić information content (AvgIpc) is 2.88. The molecule has 0 spiro atoms. The summed E-state index contributed by atoms with van der Waals surface area (Å²) in [6, 6.07) is 10.4. The standard InChI is InChI=1S/C16H23N3/c1-3-13(2)11-19-12-18-10-16(19)15(17)9-14-7-5-4-6-8-14/h4-8,10,12-13,15H,3,9,11,17H2,1-2H3/t13?,15-/m1/s1. The predicted octanol–water partition coefficient (Wildman–Crippen LogP) is 3.17. The van der Waals surface area contributed by atoms with Gasteiger partial charge in [0.2, 0.25) is 0 Å². The topological polar surface area (TPSA) is 43.8 Å². The van der Waals surface area contributed by atoms with Crippen LogP contribution in [-0.4, -0.2) is 9.55 Å². The third kappa shape index (κ3) is 3.67. The van der Waals surface area contributed by atoms with E-state index < -0.39 is 0 Å². The lowest BCUT2D eigenvalue weighted by atomic mass is 10.0. The minimum atomic E-state index is 0.00829. The highest BCUT2D eigenvalue weighted by Crippen LogP contribution is 2.17. The van der Waals surface area contributed by atoms with Gasteiger partial charge in [-0.3, -0.25) is 0 Å². The van der Waals surface area contributed by atoms with Gasteiger partial charge in [-0.2, -0.15) is 0 Å². The highest BCUT2D eigenvalue weighted by atomic mass is 15.1. The van der Waals surface area contributed by atoms with Crippen molar-refractivity contribution in [1.29, 1.82) is 0 Å². The fraction of sp³-hybridized carbons (Fsp3) is 0.438. The largest absolute Gasteiger partial charge is 0.333 e. The summed E-state index contributed by atoms with van der Waals surface area (Å²) in [5, 5.41) is 0. The van der Waals surface area contributed by atoms with Crippen LogP contribution in [-0.2, 0) is 13.0 Å². The molecule has 102 valence electrons.